The van der Waals surface area contributed by atoms with E-state index in [1.807, 2.05) is 38.1 Å². The van der Waals surface area contributed by atoms with Crippen molar-refractivity contribution in [3.63, 3.8) is 0 Å². The Morgan fingerprint density at radius 1 is 0.960 bits per heavy atom. The lowest BCUT2D eigenvalue weighted by Gasteiger charge is -2.30. The van der Waals surface area contributed by atoms with E-state index in [1.54, 1.807) is 0 Å². The summed E-state index contributed by atoms with van der Waals surface area (Å²) in [5.41, 5.74) is 5.31. The van der Waals surface area contributed by atoms with Crippen molar-refractivity contribution in [3.05, 3.63) is 53.6 Å². The van der Waals surface area contributed by atoms with Crippen LogP contribution in [0.1, 0.15) is 30.4 Å². The van der Waals surface area contributed by atoms with Crippen LogP contribution in [0.2, 0.25) is 0 Å². The quantitative estimate of drug-likeness (QED) is 0.853. The minimum atomic E-state index is -0.0224. The molecule has 4 nitrogen and oxygen atoms in total. The van der Waals surface area contributed by atoms with Gasteiger partial charge in [-0.25, -0.2) is 0 Å². The molecule has 1 fully saturated rings. The Morgan fingerprint density at radius 3 is 2.36 bits per heavy atom. The Hall–Kier alpha value is -2.49. The van der Waals surface area contributed by atoms with Gasteiger partial charge in [-0.1, -0.05) is 30.3 Å². The van der Waals surface area contributed by atoms with Crippen LogP contribution in [0.4, 0.5) is 17.1 Å². The van der Waals surface area contributed by atoms with Gasteiger partial charge in [0.05, 0.1) is 17.9 Å². The number of rotatable bonds is 5. The summed E-state index contributed by atoms with van der Waals surface area (Å²) in [5.74, 6) is -0.0224. The van der Waals surface area contributed by atoms with Gasteiger partial charge in [-0.05, 0) is 56.4 Å². The lowest BCUT2D eigenvalue weighted by molar-refractivity contribution is -0.114. The molecule has 0 atom stereocenters. The monoisotopic (exact) mass is 337 g/mol. The van der Waals surface area contributed by atoms with E-state index in [-0.39, 0.29) is 12.5 Å². The molecule has 0 aliphatic carbocycles. The molecule has 0 aromatic heterocycles. The van der Waals surface area contributed by atoms with Gasteiger partial charge in [0.1, 0.15) is 0 Å². The van der Waals surface area contributed by atoms with Crippen molar-refractivity contribution in [1.29, 1.82) is 0 Å². The van der Waals surface area contributed by atoms with Crippen LogP contribution in [0.3, 0.4) is 0 Å². The highest BCUT2D eigenvalue weighted by atomic mass is 16.1. The first kappa shape index (κ1) is 17.3. The highest BCUT2D eigenvalue weighted by Crippen LogP contribution is 2.28. The average Bonchev–Trinajstić information content (AvgIpc) is 2.64. The molecule has 25 heavy (non-hydrogen) atoms. The van der Waals surface area contributed by atoms with E-state index < -0.39 is 0 Å². The number of hydrogen-bond donors (Lipinski definition) is 2. The molecule has 0 bridgehead atoms. The molecule has 1 heterocycles. The molecule has 4 heteroatoms. The summed E-state index contributed by atoms with van der Waals surface area (Å²) in [6.45, 7) is 6.47. The third-order valence-electron chi connectivity index (χ3n) is 4.79. The normalized spacial score (nSPS) is 14.2. The van der Waals surface area contributed by atoms with Crippen molar-refractivity contribution in [2.45, 2.75) is 33.1 Å². The zero-order chi connectivity index (χ0) is 17.6. The summed E-state index contributed by atoms with van der Waals surface area (Å²) in [6, 6.07) is 14.3. The maximum absolute atomic E-state index is 12.4. The van der Waals surface area contributed by atoms with Crippen LogP contribution in [-0.4, -0.2) is 25.5 Å². The first-order valence-electron chi connectivity index (χ1n) is 9.09. The van der Waals surface area contributed by atoms with Crippen LogP contribution < -0.4 is 15.5 Å². The zero-order valence-electron chi connectivity index (χ0n) is 15.1. The Morgan fingerprint density at radius 2 is 1.64 bits per heavy atom. The van der Waals surface area contributed by atoms with Gasteiger partial charge >= 0.3 is 0 Å². The van der Waals surface area contributed by atoms with Gasteiger partial charge < -0.3 is 15.5 Å². The molecular weight excluding hydrogens is 310 g/mol. The van der Waals surface area contributed by atoms with E-state index in [4.69, 9.17) is 0 Å². The molecule has 0 radical (unpaired) electrons. The largest absolute Gasteiger partial charge is 0.374 e. The number of nitrogens with one attached hydrogen (secondary N) is 2. The molecule has 2 aromatic rings. The SMILES string of the molecule is Cc1cccc(C)c1NC(=O)CNc1ccccc1N1CCCCC1. The minimum absolute atomic E-state index is 0.0224. The van der Waals surface area contributed by atoms with Gasteiger partial charge in [0.15, 0.2) is 0 Å². The third kappa shape index (κ3) is 4.32. The first-order valence-corrected chi connectivity index (χ1v) is 9.09. The van der Waals surface area contributed by atoms with Gasteiger partial charge in [-0.3, -0.25) is 4.79 Å². The summed E-state index contributed by atoms with van der Waals surface area (Å²) >= 11 is 0. The third-order valence-corrected chi connectivity index (χ3v) is 4.79. The molecule has 2 N–H and O–H groups in total. The second-order valence-corrected chi connectivity index (χ2v) is 6.73. The predicted octanol–water partition coefficient (Wildman–Crippen LogP) is 4.34. The Balaban J connectivity index is 1.64. The van der Waals surface area contributed by atoms with Crippen LogP contribution in [0.5, 0.6) is 0 Å². The van der Waals surface area contributed by atoms with E-state index >= 15 is 0 Å². The number of carbonyl (C=O) groups excluding carboxylic acids is 1. The van der Waals surface area contributed by atoms with Crippen LogP contribution in [0.15, 0.2) is 42.5 Å². The van der Waals surface area contributed by atoms with Crippen LogP contribution >= 0.6 is 0 Å². The van der Waals surface area contributed by atoms with Crippen molar-refractivity contribution < 1.29 is 4.79 Å². The molecule has 1 saturated heterocycles. The first-order chi connectivity index (χ1) is 12.1. The fourth-order valence-corrected chi connectivity index (χ4v) is 3.40. The number of aryl methyl sites for hydroxylation is 2. The van der Waals surface area contributed by atoms with Crippen molar-refractivity contribution in [1.82, 2.24) is 0 Å². The molecule has 1 amide bonds. The predicted molar refractivity (Wildman–Crippen MR) is 106 cm³/mol. The van der Waals surface area contributed by atoms with E-state index in [0.717, 1.165) is 35.6 Å². The molecule has 3 rings (SSSR count). The minimum Gasteiger partial charge on any atom is -0.374 e. The number of hydrogen-bond acceptors (Lipinski definition) is 3. The van der Waals surface area contributed by atoms with Crippen LogP contribution in [0.25, 0.3) is 0 Å². The topological polar surface area (TPSA) is 44.4 Å². The molecule has 1 aliphatic rings. The number of para-hydroxylation sites is 3. The molecule has 132 valence electrons. The summed E-state index contributed by atoms with van der Waals surface area (Å²) in [4.78, 5) is 14.8. The second-order valence-electron chi connectivity index (χ2n) is 6.73. The summed E-state index contributed by atoms with van der Waals surface area (Å²) < 4.78 is 0. The van der Waals surface area contributed by atoms with Crippen molar-refractivity contribution in [2.75, 3.05) is 35.2 Å². The second kappa shape index (κ2) is 8.06. The summed E-state index contributed by atoms with van der Waals surface area (Å²) in [6.07, 6.45) is 3.78. The van der Waals surface area contributed by atoms with E-state index in [2.05, 4.69) is 33.7 Å². The van der Waals surface area contributed by atoms with Crippen LogP contribution in [-0.2, 0) is 4.79 Å². The smallest absolute Gasteiger partial charge is 0.243 e. The average molecular weight is 337 g/mol. The highest BCUT2D eigenvalue weighted by Gasteiger charge is 2.14. The standard InChI is InChI=1S/C21H27N3O/c1-16-9-8-10-17(2)21(16)23-20(25)15-22-18-11-4-5-12-19(18)24-13-6-3-7-14-24/h4-5,8-12,22H,3,6-7,13-15H2,1-2H3,(H,23,25). The lowest BCUT2D eigenvalue weighted by Crippen LogP contribution is -2.30. The maximum Gasteiger partial charge on any atom is 0.243 e. The fourth-order valence-electron chi connectivity index (χ4n) is 3.40. The highest BCUT2D eigenvalue weighted by molar-refractivity contribution is 5.95. The Bertz CT molecular complexity index is 715. The van der Waals surface area contributed by atoms with Crippen molar-refractivity contribution >= 4 is 23.0 Å². The summed E-state index contributed by atoms with van der Waals surface area (Å²) in [7, 11) is 0. The van der Waals surface area contributed by atoms with Crippen LogP contribution in [0, 0.1) is 13.8 Å². The lowest BCUT2D eigenvalue weighted by atomic mass is 10.1. The van der Waals surface area contributed by atoms with Gasteiger partial charge in [0.25, 0.3) is 0 Å². The number of carbonyl (C=O) groups is 1. The number of piperidine rings is 1. The van der Waals surface area contributed by atoms with Gasteiger partial charge in [-0.2, -0.15) is 0 Å². The molecule has 0 spiro atoms. The number of benzene rings is 2. The number of amides is 1. The molecule has 2 aromatic carbocycles. The molecule has 1 aliphatic heterocycles. The number of anilines is 3. The van der Waals surface area contributed by atoms with Crippen molar-refractivity contribution in [2.24, 2.45) is 0 Å². The van der Waals surface area contributed by atoms with Gasteiger partial charge in [-0.15, -0.1) is 0 Å². The Labute approximate surface area is 150 Å². The van der Waals surface area contributed by atoms with Gasteiger partial charge in [0.2, 0.25) is 5.91 Å². The van der Waals surface area contributed by atoms with E-state index in [0.29, 0.717) is 0 Å². The fraction of sp³-hybridized carbons (Fsp3) is 0.381. The van der Waals surface area contributed by atoms with E-state index in [1.165, 1.54) is 24.9 Å². The molecule has 0 saturated carbocycles. The molecule has 0 unspecified atom stereocenters. The maximum atomic E-state index is 12.4. The van der Waals surface area contributed by atoms with Crippen molar-refractivity contribution in [3.8, 4) is 0 Å². The number of nitrogens with zero attached hydrogens (tertiary/aromatic N) is 1. The molecular formula is C21H27N3O. The van der Waals surface area contributed by atoms with Gasteiger partial charge in [0, 0.05) is 18.8 Å². The summed E-state index contributed by atoms with van der Waals surface area (Å²) in [5, 5.41) is 6.35. The van der Waals surface area contributed by atoms with E-state index in [9.17, 15) is 4.79 Å². The zero-order valence-corrected chi connectivity index (χ0v) is 15.1. The Kier molecular flexibility index (Phi) is 5.59.